The van der Waals surface area contributed by atoms with Gasteiger partial charge in [0.05, 0.1) is 14.2 Å². The third-order valence-corrected chi connectivity index (χ3v) is 2.84. The van der Waals surface area contributed by atoms with Gasteiger partial charge in [0, 0.05) is 6.54 Å². The molecule has 116 valence electrons. The number of aliphatic carboxylic acids is 1. The zero-order valence-electron chi connectivity index (χ0n) is 12.8. The van der Waals surface area contributed by atoms with E-state index in [9.17, 15) is 9.59 Å². The third-order valence-electron chi connectivity index (χ3n) is 2.84. The SMILES string of the molecule is COc1cccc(OC)c1C(=O)N(CC(=O)O)CC(C)C. The molecular weight excluding hydrogens is 274 g/mol. The lowest BCUT2D eigenvalue weighted by atomic mass is 10.1. The Morgan fingerprint density at radius 3 is 2.10 bits per heavy atom. The van der Waals surface area contributed by atoms with E-state index in [0.29, 0.717) is 18.0 Å². The summed E-state index contributed by atoms with van der Waals surface area (Å²) in [6, 6.07) is 4.99. The van der Waals surface area contributed by atoms with Gasteiger partial charge < -0.3 is 19.5 Å². The minimum Gasteiger partial charge on any atom is -0.496 e. The van der Waals surface area contributed by atoms with E-state index >= 15 is 0 Å². The topological polar surface area (TPSA) is 76.1 Å². The molecule has 0 bridgehead atoms. The van der Waals surface area contributed by atoms with Crippen LogP contribution in [0, 0.1) is 5.92 Å². The highest BCUT2D eigenvalue weighted by molar-refractivity contribution is 6.00. The van der Waals surface area contributed by atoms with Crippen LogP contribution in [0.1, 0.15) is 24.2 Å². The first-order chi connectivity index (χ1) is 9.90. The Balaban J connectivity index is 3.21. The number of hydrogen-bond acceptors (Lipinski definition) is 4. The molecule has 1 N–H and O–H groups in total. The van der Waals surface area contributed by atoms with Crippen molar-refractivity contribution in [1.29, 1.82) is 0 Å². The van der Waals surface area contributed by atoms with Crippen LogP contribution < -0.4 is 9.47 Å². The summed E-state index contributed by atoms with van der Waals surface area (Å²) in [4.78, 5) is 24.9. The Hall–Kier alpha value is -2.24. The highest BCUT2D eigenvalue weighted by Crippen LogP contribution is 2.29. The summed E-state index contributed by atoms with van der Waals surface area (Å²) in [5.41, 5.74) is 0.240. The van der Waals surface area contributed by atoms with Crippen molar-refractivity contribution in [3.8, 4) is 11.5 Å². The number of carbonyl (C=O) groups is 2. The molecule has 0 aliphatic rings. The second-order valence-corrected chi connectivity index (χ2v) is 5.01. The molecule has 0 aliphatic carbocycles. The van der Waals surface area contributed by atoms with Crippen LogP contribution in [0.25, 0.3) is 0 Å². The van der Waals surface area contributed by atoms with E-state index in [4.69, 9.17) is 14.6 Å². The maximum Gasteiger partial charge on any atom is 0.323 e. The Labute approximate surface area is 124 Å². The molecule has 21 heavy (non-hydrogen) atoms. The second kappa shape index (κ2) is 7.52. The van der Waals surface area contributed by atoms with E-state index in [1.807, 2.05) is 13.8 Å². The van der Waals surface area contributed by atoms with Crippen LogP contribution in [0.2, 0.25) is 0 Å². The van der Waals surface area contributed by atoms with Gasteiger partial charge in [-0.25, -0.2) is 0 Å². The van der Waals surface area contributed by atoms with Gasteiger partial charge in [-0.05, 0) is 18.1 Å². The average Bonchev–Trinajstić information content (AvgIpc) is 2.43. The fourth-order valence-electron chi connectivity index (χ4n) is 2.04. The van der Waals surface area contributed by atoms with E-state index in [1.165, 1.54) is 19.1 Å². The number of rotatable bonds is 7. The minimum atomic E-state index is -1.06. The molecule has 0 unspecified atom stereocenters. The number of methoxy groups -OCH3 is 2. The Kier molecular flexibility index (Phi) is 6.02. The molecule has 6 nitrogen and oxygen atoms in total. The van der Waals surface area contributed by atoms with Gasteiger partial charge in [-0.2, -0.15) is 0 Å². The van der Waals surface area contributed by atoms with Crippen molar-refractivity contribution < 1.29 is 24.2 Å². The van der Waals surface area contributed by atoms with Gasteiger partial charge in [0.2, 0.25) is 0 Å². The summed E-state index contributed by atoms with van der Waals surface area (Å²) < 4.78 is 10.4. The standard InChI is InChI=1S/C15H21NO5/c1-10(2)8-16(9-13(17)18)15(19)14-11(20-3)6-5-7-12(14)21-4/h5-7,10H,8-9H2,1-4H3,(H,17,18). The van der Waals surface area contributed by atoms with Gasteiger partial charge in [0.25, 0.3) is 5.91 Å². The number of ether oxygens (including phenoxy) is 2. The molecule has 0 saturated heterocycles. The number of carboxylic acid groups (broad SMARTS) is 1. The van der Waals surface area contributed by atoms with Crippen molar-refractivity contribution in [2.24, 2.45) is 5.92 Å². The van der Waals surface area contributed by atoms with E-state index in [-0.39, 0.29) is 18.0 Å². The van der Waals surface area contributed by atoms with Gasteiger partial charge in [-0.3, -0.25) is 9.59 Å². The van der Waals surface area contributed by atoms with Crippen LogP contribution in [0.4, 0.5) is 0 Å². The fourth-order valence-corrected chi connectivity index (χ4v) is 2.04. The maximum atomic E-state index is 12.7. The molecule has 0 heterocycles. The molecular formula is C15H21NO5. The summed E-state index contributed by atoms with van der Waals surface area (Å²) in [6.07, 6.45) is 0. The lowest BCUT2D eigenvalue weighted by Gasteiger charge is -2.24. The highest BCUT2D eigenvalue weighted by atomic mass is 16.5. The minimum absolute atomic E-state index is 0.147. The van der Waals surface area contributed by atoms with E-state index in [0.717, 1.165) is 0 Å². The molecule has 0 saturated carbocycles. The second-order valence-electron chi connectivity index (χ2n) is 5.01. The quantitative estimate of drug-likeness (QED) is 0.831. The van der Waals surface area contributed by atoms with E-state index in [1.54, 1.807) is 18.2 Å². The van der Waals surface area contributed by atoms with Gasteiger partial charge in [-0.15, -0.1) is 0 Å². The smallest absolute Gasteiger partial charge is 0.323 e. The lowest BCUT2D eigenvalue weighted by molar-refractivity contribution is -0.137. The fraction of sp³-hybridized carbons (Fsp3) is 0.467. The van der Waals surface area contributed by atoms with Crippen molar-refractivity contribution in [3.05, 3.63) is 23.8 Å². The Bertz CT molecular complexity index is 491. The summed E-state index contributed by atoms with van der Waals surface area (Å²) in [5, 5.41) is 8.99. The van der Waals surface area contributed by atoms with Crippen molar-refractivity contribution >= 4 is 11.9 Å². The summed E-state index contributed by atoms with van der Waals surface area (Å²) in [5.74, 6) is -0.607. The van der Waals surface area contributed by atoms with Crippen LogP contribution in [-0.4, -0.2) is 49.2 Å². The predicted molar refractivity (Wildman–Crippen MR) is 77.9 cm³/mol. The molecule has 0 fully saturated rings. The normalized spacial score (nSPS) is 10.3. The summed E-state index contributed by atoms with van der Waals surface area (Å²) >= 11 is 0. The zero-order valence-corrected chi connectivity index (χ0v) is 12.8. The van der Waals surface area contributed by atoms with Crippen LogP contribution >= 0.6 is 0 Å². The number of carbonyl (C=O) groups excluding carboxylic acids is 1. The van der Waals surface area contributed by atoms with E-state index in [2.05, 4.69) is 0 Å². The molecule has 0 atom stereocenters. The number of hydrogen-bond donors (Lipinski definition) is 1. The molecule has 1 aromatic rings. The largest absolute Gasteiger partial charge is 0.496 e. The number of nitrogens with zero attached hydrogens (tertiary/aromatic N) is 1. The predicted octanol–water partition coefficient (Wildman–Crippen LogP) is 1.89. The molecule has 0 radical (unpaired) electrons. The first-order valence-electron chi connectivity index (χ1n) is 6.62. The molecule has 0 aliphatic heterocycles. The Morgan fingerprint density at radius 2 is 1.71 bits per heavy atom. The van der Waals surface area contributed by atoms with Crippen LogP contribution in [0.3, 0.4) is 0 Å². The first kappa shape index (κ1) is 16.8. The lowest BCUT2D eigenvalue weighted by Crippen LogP contribution is -2.38. The third kappa shape index (κ3) is 4.37. The summed E-state index contributed by atoms with van der Waals surface area (Å²) in [7, 11) is 2.91. The molecule has 1 aromatic carbocycles. The van der Waals surface area contributed by atoms with Gasteiger partial charge >= 0.3 is 5.97 Å². The van der Waals surface area contributed by atoms with Gasteiger partial charge in [-0.1, -0.05) is 19.9 Å². The molecule has 1 amide bonds. The average molecular weight is 295 g/mol. The zero-order chi connectivity index (χ0) is 16.0. The number of benzene rings is 1. The number of carboxylic acids is 1. The number of amides is 1. The summed E-state index contributed by atoms with van der Waals surface area (Å²) in [6.45, 7) is 3.81. The van der Waals surface area contributed by atoms with Crippen molar-refractivity contribution in [1.82, 2.24) is 4.90 Å². The van der Waals surface area contributed by atoms with E-state index < -0.39 is 11.9 Å². The Morgan fingerprint density at radius 1 is 1.19 bits per heavy atom. The van der Waals surface area contributed by atoms with Crippen LogP contribution in [0.15, 0.2) is 18.2 Å². The molecule has 0 spiro atoms. The van der Waals surface area contributed by atoms with Crippen LogP contribution in [-0.2, 0) is 4.79 Å². The van der Waals surface area contributed by atoms with Gasteiger partial charge in [0.1, 0.15) is 23.6 Å². The van der Waals surface area contributed by atoms with Crippen molar-refractivity contribution in [2.45, 2.75) is 13.8 Å². The monoisotopic (exact) mass is 295 g/mol. The van der Waals surface area contributed by atoms with Crippen molar-refractivity contribution in [3.63, 3.8) is 0 Å². The molecule has 0 aromatic heterocycles. The highest BCUT2D eigenvalue weighted by Gasteiger charge is 2.25. The molecule has 1 rings (SSSR count). The van der Waals surface area contributed by atoms with Gasteiger partial charge in [0.15, 0.2) is 0 Å². The maximum absolute atomic E-state index is 12.7. The first-order valence-corrected chi connectivity index (χ1v) is 6.62. The molecule has 6 heteroatoms. The van der Waals surface area contributed by atoms with Crippen molar-refractivity contribution in [2.75, 3.05) is 27.3 Å². The van der Waals surface area contributed by atoms with Crippen LogP contribution in [0.5, 0.6) is 11.5 Å².